The summed E-state index contributed by atoms with van der Waals surface area (Å²) < 4.78 is 2.03. The van der Waals surface area contributed by atoms with Gasteiger partial charge in [-0.3, -0.25) is 9.58 Å². The molecule has 4 nitrogen and oxygen atoms in total. The first-order chi connectivity index (χ1) is 9.13. The van der Waals surface area contributed by atoms with E-state index in [-0.39, 0.29) is 0 Å². The highest BCUT2D eigenvalue weighted by Gasteiger charge is 2.26. The lowest BCUT2D eigenvalue weighted by atomic mass is 10.0. The zero-order valence-electron chi connectivity index (χ0n) is 12.8. The van der Waals surface area contributed by atoms with E-state index in [1.807, 2.05) is 4.68 Å². The maximum atomic E-state index is 4.46. The third-order valence-electron chi connectivity index (χ3n) is 4.19. The van der Waals surface area contributed by atoms with Gasteiger partial charge in [-0.2, -0.15) is 5.10 Å². The van der Waals surface area contributed by atoms with Crippen LogP contribution in [0.5, 0.6) is 0 Å². The summed E-state index contributed by atoms with van der Waals surface area (Å²) in [5.41, 5.74) is 2.44. The molecule has 1 aromatic heterocycles. The standard InChI is InChI=1S/C15H28N4/c1-5-7-13-10-19(14(6-2)9-16-13)11-15-8-12(3)17-18(15)4/h8,13-14,16H,5-7,9-11H2,1-4H3. The molecule has 19 heavy (non-hydrogen) atoms. The van der Waals surface area contributed by atoms with Crippen LogP contribution in [0, 0.1) is 6.92 Å². The number of rotatable bonds is 5. The molecular weight excluding hydrogens is 236 g/mol. The predicted octanol–water partition coefficient (Wildman–Crippen LogP) is 2.08. The highest BCUT2D eigenvalue weighted by atomic mass is 15.3. The van der Waals surface area contributed by atoms with E-state index in [4.69, 9.17) is 0 Å². The highest BCUT2D eigenvalue weighted by Crippen LogP contribution is 2.17. The molecule has 1 aromatic rings. The Bertz CT molecular complexity index is 399. The number of hydrogen-bond acceptors (Lipinski definition) is 3. The molecular formula is C15H28N4. The summed E-state index contributed by atoms with van der Waals surface area (Å²) in [6.07, 6.45) is 3.74. The lowest BCUT2D eigenvalue weighted by Gasteiger charge is -2.40. The van der Waals surface area contributed by atoms with Crippen LogP contribution in [0.15, 0.2) is 6.07 Å². The fourth-order valence-electron chi connectivity index (χ4n) is 3.09. The Morgan fingerprint density at radius 2 is 2.21 bits per heavy atom. The van der Waals surface area contributed by atoms with Crippen molar-refractivity contribution in [2.75, 3.05) is 13.1 Å². The van der Waals surface area contributed by atoms with E-state index in [0.29, 0.717) is 12.1 Å². The Balaban J connectivity index is 2.03. The van der Waals surface area contributed by atoms with Gasteiger partial charge in [-0.15, -0.1) is 0 Å². The normalized spacial score (nSPS) is 24.8. The first-order valence-corrected chi connectivity index (χ1v) is 7.61. The third kappa shape index (κ3) is 3.57. The molecule has 0 radical (unpaired) electrons. The molecule has 0 saturated carbocycles. The molecule has 0 bridgehead atoms. The van der Waals surface area contributed by atoms with E-state index in [1.54, 1.807) is 0 Å². The van der Waals surface area contributed by atoms with Crippen molar-refractivity contribution in [2.24, 2.45) is 7.05 Å². The summed E-state index contributed by atoms with van der Waals surface area (Å²) in [6.45, 7) is 9.93. The van der Waals surface area contributed by atoms with Crippen molar-refractivity contribution in [1.29, 1.82) is 0 Å². The number of nitrogens with one attached hydrogen (secondary N) is 1. The molecule has 0 spiro atoms. The second-order valence-corrected chi connectivity index (χ2v) is 5.79. The zero-order chi connectivity index (χ0) is 13.8. The Labute approximate surface area is 117 Å². The van der Waals surface area contributed by atoms with Crippen LogP contribution in [-0.4, -0.2) is 39.9 Å². The molecule has 1 saturated heterocycles. The van der Waals surface area contributed by atoms with Gasteiger partial charge in [0.1, 0.15) is 0 Å². The summed E-state index contributed by atoms with van der Waals surface area (Å²) >= 11 is 0. The molecule has 108 valence electrons. The van der Waals surface area contributed by atoms with Crippen molar-refractivity contribution in [1.82, 2.24) is 20.0 Å². The van der Waals surface area contributed by atoms with Gasteiger partial charge in [-0.25, -0.2) is 0 Å². The van der Waals surface area contributed by atoms with Crippen LogP contribution in [-0.2, 0) is 13.6 Å². The van der Waals surface area contributed by atoms with Crippen molar-refractivity contribution in [3.8, 4) is 0 Å². The summed E-state index contributed by atoms with van der Waals surface area (Å²) in [5, 5.41) is 8.15. The van der Waals surface area contributed by atoms with Crippen LogP contribution < -0.4 is 5.32 Å². The maximum absolute atomic E-state index is 4.46. The van der Waals surface area contributed by atoms with Gasteiger partial charge >= 0.3 is 0 Å². The fourth-order valence-corrected chi connectivity index (χ4v) is 3.09. The average Bonchev–Trinajstić information content (AvgIpc) is 2.69. The topological polar surface area (TPSA) is 33.1 Å². The monoisotopic (exact) mass is 264 g/mol. The van der Waals surface area contributed by atoms with E-state index in [0.717, 1.165) is 25.3 Å². The molecule has 1 aliphatic heterocycles. The quantitative estimate of drug-likeness (QED) is 0.884. The average molecular weight is 264 g/mol. The molecule has 1 aliphatic rings. The minimum Gasteiger partial charge on any atom is -0.311 e. The molecule has 1 N–H and O–H groups in total. The van der Waals surface area contributed by atoms with E-state index >= 15 is 0 Å². The van der Waals surface area contributed by atoms with Gasteiger partial charge < -0.3 is 5.32 Å². The van der Waals surface area contributed by atoms with Gasteiger partial charge in [0.15, 0.2) is 0 Å². The van der Waals surface area contributed by atoms with Crippen molar-refractivity contribution < 1.29 is 0 Å². The van der Waals surface area contributed by atoms with E-state index in [2.05, 4.69) is 49.2 Å². The van der Waals surface area contributed by atoms with Gasteiger partial charge in [0.25, 0.3) is 0 Å². The summed E-state index contributed by atoms with van der Waals surface area (Å²) in [7, 11) is 2.05. The molecule has 2 heterocycles. The second kappa shape index (κ2) is 6.53. The van der Waals surface area contributed by atoms with Crippen molar-refractivity contribution in [2.45, 2.75) is 58.7 Å². The number of piperazine rings is 1. The molecule has 2 atom stereocenters. The molecule has 0 aliphatic carbocycles. The van der Waals surface area contributed by atoms with Crippen molar-refractivity contribution in [3.05, 3.63) is 17.5 Å². The van der Waals surface area contributed by atoms with Crippen LogP contribution in [0.1, 0.15) is 44.5 Å². The molecule has 2 unspecified atom stereocenters. The smallest absolute Gasteiger partial charge is 0.0597 e. The summed E-state index contributed by atoms with van der Waals surface area (Å²) in [5.74, 6) is 0. The first kappa shape index (κ1) is 14.5. The van der Waals surface area contributed by atoms with Gasteiger partial charge in [0.05, 0.1) is 11.4 Å². The Hall–Kier alpha value is -0.870. The summed E-state index contributed by atoms with van der Waals surface area (Å²) in [4.78, 5) is 2.63. The van der Waals surface area contributed by atoms with E-state index in [9.17, 15) is 0 Å². The minimum absolute atomic E-state index is 0.655. The van der Waals surface area contributed by atoms with E-state index < -0.39 is 0 Å². The Kier molecular flexibility index (Phi) is 4.99. The SMILES string of the molecule is CCCC1CN(Cc2cc(C)nn2C)C(CC)CN1. The number of aromatic nitrogens is 2. The van der Waals surface area contributed by atoms with E-state index in [1.165, 1.54) is 25.0 Å². The third-order valence-corrected chi connectivity index (χ3v) is 4.19. The maximum Gasteiger partial charge on any atom is 0.0597 e. The molecule has 1 fully saturated rings. The predicted molar refractivity (Wildman–Crippen MR) is 79.1 cm³/mol. The number of hydrogen-bond donors (Lipinski definition) is 1. The second-order valence-electron chi connectivity index (χ2n) is 5.79. The first-order valence-electron chi connectivity index (χ1n) is 7.61. The molecule has 2 rings (SSSR count). The van der Waals surface area contributed by atoms with Crippen LogP contribution in [0.2, 0.25) is 0 Å². The largest absolute Gasteiger partial charge is 0.311 e. The summed E-state index contributed by atoms with van der Waals surface area (Å²) in [6, 6.07) is 3.52. The van der Waals surface area contributed by atoms with Gasteiger partial charge in [0.2, 0.25) is 0 Å². The lowest BCUT2D eigenvalue weighted by Crippen LogP contribution is -2.55. The molecule has 0 amide bonds. The lowest BCUT2D eigenvalue weighted by molar-refractivity contribution is 0.113. The van der Waals surface area contributed by atoms with Crippen molar-refractivity contribution >= 4 is 0 Å². The van der Waals surface area contributed by atoms with Crippen LogP contribution in [0.25, 0.3) is 0 Å². The van der Waals surface area contributed by atoms with Crippen molar-refractivity contribution in [3.63, 3.8) is 0 Å². The van der Waals surface area contributed by atoms with Gasteiger partial charge in [-0.1, -0.05) is 20.3 Å². The molecule has 0 aromatic carbocycles. The van der Waals surface area contributed by atoms with Crippen LogP contribution in [0.4, 0.5) is 0 Å². The van der Waals surface area contributed by atoms with Crippen LogP contribution in [0.3, 0.4) is 0 Å². The minimum atomic E-state index is 0.655. The fraction of sp³-hybridized carbons (Fsp3) is 0.800. The van der Waals surface area contributed by atoms with Gasteiger partial charge in [0, 0.05) is 38.8 Å². The highest BCUT2D eigenvalue weighted by molar-refractivity contribution is 5.09. The number of nitrogens with zero attached hydrogens (tertiary/aromatic N) is 3. The Morgan fingerprint density at radius 3 is 2.79 bits per heavy atom. The molecule has 4 heteroatoms. The van der Waals surface area contributed by atoms with Gasteiger partial charge in [-0.05, 0) is 25.8 Å². The number of aryl methyl sites for hydroxylation is 2. The Morgan fingerprint density at radius 1 is 1.42 bits per heavy atom. The zero-order valence-corrected chi connectivity index (χ0v) is 12.8. The van der Waals surface area contributed by atoms with Crippen LogP contribution >= 0.6 is 0 Å².